The summed E-state index contributed by atoms with van der Waals surface area (Å²) < 4.78 is 0. The van der Waals surface area contributed by atoms with Gasteiger partial charge >= 0.3 is 0 Å². The standard InChI is InChI=1S/C30H38N4O2/c1-21(23-8-4-2-5-9-23)32-29(35)24-12-15-28-26(18-24)27(30(36)33-28)19-31-25-13-10-22(11-14-25)20-34-16-6-3-7-17-34/h10-15,18-19,21,23,27H,2-9,16-17,20H2,1H3,(H,32,35)(H,33,36)/t21-,27?/m1/s1. The molecule has 36 heavy (non-hydrogen) atoms. The summed E-state index contributed by atoms with van der Waals surface area (Å²) in [6.45, 7) is 5.44. The summed E-state index contributed by atoms with van der Waals surface area (Å²) in [6.07, 6.45) is 11.8. The van der Waals surface area contributed by atoms with Crippen LogP contribution < -0.4 is 10.6 Å². The van der Waals surface area contributed by atoms with E-state index in [2.05, 4.69) is 39.6 Å². The number of carbonyl (C=O) groups excluding carboxylic acids is 2. The van der Waals surface area contributed by atoms with Crippen LogP contribution in [-0.2, 0) is 11.3 Å². The van der Waals surface area contributed by atoms with Crippen LogP contribution in [0.2, 0.25) is 0 Å². The predicted octanol–water partition coefficient (Wildman–Crippen LogP) is 5.81. The molecule has 2 aliphatic heterocycles. The number of piperidine rings is 1. The van der Waals surface area contributed by atoms with Crippen molar-refractivity contribution in [1.29, 1.82) is 0 Å². The highest BCUT2D eigenvalue weighted by molar-refractivity contribution is 6.13. The van der Waals surface area contributed by atoms with E-state index >= 15 is 0 Å². The molecule has 5 rings (SSSR count). The van der Waals surface area contributed by atoms with Gasteiger partial charge in [-0.1, -0.05) is 37.8 Å². The number of hydrogen-bond acceptors (Lipinski definition) is 4. The van der Waals surface area contributed by atoms with Crippen LogP contribution in [-0.4, -0.2) is 42.1 Å². The van der Waals surface area contributed by atoms with Crippen LogP contribution >= 0.6 is 0 Å². The number of benzene rings is 2. The molecule has 1 unspecified atom stereocenters. The predicted molar refractivity (Wildman–Crippen MR) is 145 cm³/mol. The molecule has 2 amide bonds. The Bertz CT molecular complexity index is 1100. The third-order valence-electron chi connectivity index (χ3n) is 8.07. The summed E-state index contributed by atoms with van der Waals surface area (Å²) in [5, 5.41) is 6.12. The molecule has 2 fully saturated rings. The van der Waals surface area contributed by atoms with Crippen LogP contribution in [0.15, 0.2) is 47.5 Å². The van der Waals surface area contributed by atoms with Crippen molar-refractivity contribution in [2.45, 2.75) is 76.8 Å². The summed E-state index contributed by atoms with van der Waals surface area (Å²) >= 11 is 0. The van der Waals surface area contributed by atoms with Crippen LogP contribution in [0, 0.1) is 5.92 Å². The number of fused-ring (bicyclic) bond motifs is 1. The minimum absolute atomic E-state index is 0.0739. The Kier molecular flexibility index (Phi) is 7.81. The molecular weight excluding hydrogens is 448 g/mol. The van der Waals surface area contributed by atoms with Gasteiger partial charge in [0.15, 0.2) is 0 Å². The molecule has 2 heterocycles. The first-order valence-electron chi connectivity index (χ1n) is 13.7. The van der Waals surface area contributed by atoms with Gasteiger partial charge in [-0.3, -0.25) is 19.5 Å². The zero-order valence-corrected chi connectivity index (χ0v) is 21.3. The number of hydrogen-bond donors (Lipinski definition) is 2. The minimum Gasteiger partial charge on any atom is -0.349 e. The topological polar surface area (TPSA) is 73.8 Å². The van der Waals surface area contributed by atoms with Crippen molar-refractivity contribution in [3.8, 4) is 0 Å². The summed E-state index contributed by atoms with van der Waals surface area (Å²) in [6, 6.07) is 13.9. The number of amides is 2. The van der Waals surface area contributed by atoms with E-state index in [9.17, 15) is 9.59 Å². The van der Waals surface area contributed by atoms with Crippen molar-refractivity contribution in [1.82, 2.24) is 10.2 Å². The lowest BCUT2D eigenvalue weighted by molar-refractivity contribution is -0.115. The van der Waals surface area contributed by atoms with E-state index in [1.165, 1.54) is 70.0 Å². The van der Waals surface area contributed by atoms with Gasteiger partial charge in [-0.15, -0.1) is 0 Å². The van der Waals surface area contributed by atoms with Gasteiger partial charge in [0.05, 0.1) is 5.69 Å². The second kappa shape index (κ2) is 11.4. The minimum atomic E-state index is -0.503. The maximum absolute atomic E-state index is 13.0. The van der Waals surface area contributed by atoms with Crippen molar-refractivity contribution in [3.05, 3.63) is 59.2 Å². The zero-order chi connectivity index (χ0) is 24.9. The molecule has 0 aromatic heterocycles. The number of anilines is 1. The summed E-state index contributed by atoms with van der Waals surface area (Å²) in [4.78, 5) is 32.8. The highest BCUT2D eigenvalue weighted by Gasteiger charge is 2.30. The highest BCUT2D eigenvalue weighted by atomic mass is 16.2. The Morgan fingerprint density at radius 2 is 1.78 bits per heavy atom. The van der Waals surface area contributed by atoms with Gasteiger partial charge in [0, 0.05) is 30.1 Å². The third kappa shape index (κ3) is 5.86. The monoisotopic (exact) mass is 486 g/mol. The second-order valence-corrected chi connectivity index (χ2v) is 10.7. The summed E-state index contributed by atoms with van der Waals surface area (Å²) in [5.74, 6) is -0.137. The van der Waals surface area contributed by atoms with Crippen molar-refractivity contribution in [2.75, 3.05) is 18.4 Å². The number of nitrogens with zero attached hydrogens (tertiary/aromatic N) is 2. The Balaban J connectivity index is 1.24. The molecule has 2 aromatic carbocycles. The lowest BCUT2D eigenvalue weighted by Gasteiger charge is -2.28. The van der Waals surface area contributed by atoms with Gasteiger partial charge in [0.1, 0.15) is 5.92 Å². The largest absolute Gasteiger partial charge is 0.349 e. The Labute approximate surface area is 214 Å². The molecule has 0 radical (unpaired) electrons. The molecule has 2 aromatic rings. The first-order chi connectivity index (χ1) is 17.6. The number of nitrogens with one attached hydrogen (secondary N) is 2. The molecule has 3 aliphatic rings. The second-order valence-electron chi connectivity index (χ2n) is 10.7. The zero-order valence-electron chi connectivity index (χ0n) is 21.3. The molecule has 190 valence electrons. The van der Waals surface area contributed by atoms with E-state index < -0.39 is 5.92 Å². The molecule has 6 heteroatoms. The molecule has 0 spiro atoms. The lowest BCUT2D eigenvalue weighted by atomic mass is 9.84. The van der Waals surface area contributed by atoms with Crippen molar-refractivity contribution >= 4 is 29.4 Å². The van der Waals surface area contributed by atoms with Gasteiger partial charge in [0.2, 0.25) is 5.91 Å². The van der Waals surface area contributed by atoms with E-state index in [1.807, 2.05) is 24.3 Å². The molecule has 2 N–H and O–H groups in total. The smallest absolute Gasteiger partial charge is 0.251 e. The summed E-state index contributed by atoms with van der Waals surface area (Å²) in [7, 11) is 0. The summed E-state index contributed by atoms with van der Waals surface area (Å²) in [5.41, 5.74) is 4.27. The molecule has 6 nitrogen and oxygen atoms in total. The number of carbonyl (C=O) groups is 2. The van der Waals surface area contributed by atoms with Crippen LogP contribution in [0.1, 0.15) is 85.7 Å². The number of likely N-dealkylation sites (tertiary alicyclic amines) is 1. The fraction of sp³-hybridized carbons (Fsp3) is 0.500. The molecule has 1 saturated carbocycles. The van der Waals surface area contributed by atoms with Crippen molar-refractivity contribution in [2.24, 2.45) is 10.9 Å². The average Bonchev–Trinajstić information content (AvgIpc) is 3.23. The Morgan fingerprint density at radius 3 is 2.53 bits per heavy atom. The average molecular weight is 487 g/mol. The normalized spacial score (nSPS) is 21.8. The van der Waals surface area contributed by atoms with Gasteiger partial charge in [0.25, 0.3) is 5.91 Å². The molecule has 0 bridgehead atoms. The van der Waals surface area contributed by atoms with Gasteiger partial charge in [-0.2, -0.15) is 0 Å². The van der Waals surface area contributed by atoms with E-state index in [-0.39, 0.29) is 17.9 Å². The first-order valence-corrected chi connectivity index (χ1v) is 13.7. The van der Waals surface area contributed by atoms with Crippen molar-refractivity contribution in [3.63, 3.8) is 0 Å². The van der Waals surface area contributed by atoms with Crippen molar-refractivity contribution < 1.29 is 9.59 Å². The maximum Gasteiger partial charge on any atom is 0.251 e. The van der Waals surface area contributed by atoms with E-state index in [0.29, 0.717) is 11.5 Å². The third-order valence-corrected chi connectivity index (χ3v) is 8.07. The van der Waals surface area contributed by atoms with Gasteiger partial charge < -0.3 is 10.6 Å². The van der Waals surface area contributed by atoms with Crippen LogP contribution in [0.4, 0.5) is 11.4 Å². The fourth-order valence-electron chi connectivity index (χ4n) is 5.84. The first kappa shape index (κ1) is 24.7. The van der Waals surface area contributed by atoms with Crippen LogP contribution in [0.25, 0.3) is 0 Å². The molecule has 1 saturated heterocycles. The maximum atomic E-state index is 13.0. The van der Waals surface area contributed by atoms with Gasteiger partial charge in [-0.25, -0.2) is 0 Å². The number of aliphatic imine (C=N–C) groups is 1. The Morgan fingerprint density at radius 1 is 1.06 bits per heavy atom. The van der Waals surface area contributed by atoms with Crippen LogP contribution in [0.5, 0.6) is 0 Å². The van der Waals surface area contributed by atoms with E-state index in [1.54, 1.807) is 12.3 Å². The molecule has 1 aliphatic carbocycles. The lowest BCUT2D eigenvalue weighted by Crippen LogP contribution is -2.38. The number of rotatable bonds is 7. The SMILES string of the molecule is C[C@@H](NC(=O)c1ccc2c(c1)C(C=Nc1ccc(CN3CCCCC3)cc1)C(=O)N2)C1CCCCC1. The molecular formula is C30H38N4O2. The Hall–Kier alpha value is -2.99. The quantitative estimate of drug-likeness (QED) is 0.485. The van der Waals surface area contributed by atoms with E-state index in [4.69, 9.17) is 0 Å². The fourth-order valence-corrected chi connectivity index (χ4v) is 5.84. The van der Waals surface area contributed by atoms with E-state index in [0.717, 1.165) is 23.5 Å². The highest BCUT2D eigenvalue weighted by Crippen LogP contribution is 2.33. The van der Waals surface area contributed by atoms with Gasteiger partial charge in [-0.05, 0) is 93.1 Å². The molecule has 2 atom stereocenters. The van der Waals surface area contributed by atoms with Crippen LogP contribution in [0.3, 0.4) is 0 Å².